The summed E-state index contributed by atoms with van der Waals surface area (Å²) >= 11 is 0. The van der Waals surface area contributed by atoms with Crippen LogP contribution in [-0.4, -0.2) is 84.7 Å². The third-order valence-corrected chi connectivity index (χ3v) is 9.74. The van der Waals surface area contributed by atoms with Crippen LogP contribution in [0.1, 0.15) is 32.6 Å². The van der Waals surface area contributed by atoms with E-state index in [2.05, 4.69) is 22.0 Å². The van der Waals surface area contributed by atoms with Crippen LogP contribution in [0.4, 0.5) is 11.5 Å². The van der Waals surface area contributed by atoms with Crippen molar-refractivity contribution in [1.29, 1.82) is 0 Å². The summed E-state index contributed by atoms with van der Waals surface area (Å²) < 4.78 is 32.9. The van der Waals surface area contributed by atoms with Crippen LogP contribution in [0, 0.1) is 0 Å². The van der Waals surface area contributed by atoms with E-state index in [0.717, 1.165) is 24.3 Å². The topological polar surface area (TPSA) is 148 Å². The van der Waals surface area contributed by atoms with E-state index in [1.165, 1.54) is 10.4 Å². The highest BCUT2D eigenvalue weighted by atomic mass is 35.5. The van der Waals surface area contributed by atoms with E-state index in [4.69, 9.17) is 4.74 Å². The Morgan fingerprint density at radius 1 is 1.03 bits per heavy atom. The lowest BCUT2D eigenvalue weighted by molar-refractivity contribution is -0.132. The molecule has 1 aromatic carbocycles. The quantitative estimate of drug-likeness (QED) is 0.221. The van der Waals surface area contributed by atoms with Crippen molar-refractivity contribution in [1.82, 2.24) is 20.0 Å². The van der Waals surface area contributed by atoms with Gasteiger partial charge in [-0.2, -0.15) is 9.40 Å². The molecule has 2 saturated heterocycles. The normalized spacial score (nSPS) is 17.5. The van der Waals surface area contributed by atoms with E-state index < -0.39 is 20.7 Å². The van der Waals surface area contributed by atoms with Gasteiger partial charge in [0.2, 0.25) is 10.0 Å². The van der Waals surface area contributed by atoms with Crippen molar-refractivity contribution in [3.63, 3.8) is 0 Å². The highest BCUT2D eigenvalue weighted by molar-refractivity contribution is 7.91. The van der Waals surface area contributed by atoms with E-state index in [9.17, 15) is 23.2 Å². The molecule has 0 bridgehead atoms. The zero-order valence-electron chi connectivity index (χ0n) is 21.7. The summed E-state index contributed by atoms with van der Waals surface area (Å²) in [6.07, 6.45) is 2.01. The van der Waals surface area contributed by atoms with Gasteiger partial charge in [-0.1, -0.05) is 13.3 Å². The van der Waals surface area contributed by atoms with Gasteiger partial charge in [0.05, 0.1) is 6.61 Å². The van der Waals surface area contributed by atoms with Gasteiger partial charge in [0.15, 0.2) is 4.75 Å². The van der Waals surface area contributed by atoms with E-state index >= 15 is 0 Å². The average Bonchev–Trinajstić information content (AvgIpc) is 2.93. The molecule has 3 N–H and O–H groups in total. The molecule has 15 heteroatoms. The Hall–Kier alpha value is -2.58. The second-order valence-electron chi connectivity index (χ2n) is 9.29. The number of H-pyrrole nitrogens is 1. The number of sulfonamides is 1. The number of benzene rings is 1. The number of aromatic amines is 1. The van der Waals surface area contributed by atoms with Gasteiger partial charge in [-0.05, 0) is 49.6 Å². The number of amides is 1. The van der Waals surface area contributed by atoms with Crippen molar-refractivity contribution < 1.29 is 23.2 Å². The summed E-state index contributed by atoms with van der Waals surface area (Å²) in [6, 6.07) is 10.7. The molecule has 0 saturated carbocycles. The average molecular weight is 608 g/mol. The molecule has 0 atom stereocenters. The fraction of sp³-hybridized carbons (Fsp3) is 0.542. The number of piperidine rings is 1. The molecule has 0 unspecified atom stereocenters. The lowest BCUT2D eigenvalue weighted by Crippen LogP contribution is -2.63. The molecule has 2 aliphatic rings. The number of anilines is 2. The van der Waals surface area contributed by atoms with Crippen LogP contribution >= 0.6 is 24.8 Å². The standard InChI is InChI=1S/C24H34N6O6S.2ClH/c1-2-3-18-36-20-6-4-19(5-7-20)28-14-16-30(17-15-28)37(34,35)24(23(32)27-33)10-12-29(13-11-24)21-8-9-22(31)26-25-21;;/h4-9,33H,2-3,10-18H2,1H3,(H,26,31)(H,27,32);2*1H. The van der Waals surface area contributed by atoms with E-state index in [-0.39, 0.29) is 69.4 Å². The van der Waals surface area contributed by atoms with Gasteiger partial charge in [-0.15, -0.1) is 24.8 Å². The lowest BCUT2D eigenvalue weighted by Gasteiger charge is -2.44. The largest absolute Gasteiger partial charge is 0.494 e. The van der Waals surface area contributed by atoms with Gasteiger partial charge in [-0.25, -0.2) is 19.0 Å². The number of carbonyl (C=O) groups is 1. The number of hydrogen-bond donors (Lipinski definition) is 3. The van der Waals surface area contributed by atoms with Crippen molar-refractivity contribution in [2.75, 3.05) is 55.7 Å². The number of nitrogens with one attached hydrogen (secondary N) is 2. The van der Waals surface area contributed by atoms with Crippen molar-refractivity contribution in [2.24, 2.45) is 0 Å². The molecule has 2 aromatic rings. The van der Waals surface area contributed by atoms with Crippen LogP contribution < -0.4 is 25.6 Å². The molecule has 0 spiro atoms. The minimum Gasteiger partial charge on any atom is -0.494 e. The highest BCUT2D eigenvalue weighted by Crippen LogP contribution is 2.35. The summed E-state index contributed by atoms with van der Waals surface area (Å²) in [5, 5.41) is 15.8. The molecule has 1 amide bonds. The van der Waals surface area contributed by atoms with E-state index in [0.29, 0.717) is 25.5 Å². The van der Waals surface area contributed by atoms with Crippen LogP contribution in [0.5, 0.6) is 5.75 Å². The Labute approximate surface area is 240 Å². The monoisotopic (exact) mass is 606 g/mol. The fourth-order valence-corrected chi connectivity index (χ4v) is 6.95. The molecule has 0 aliphatic carbocycles. The first-order valence-electron chi connectivity index (χ1n) is 12.5. The zero-order chi connectivity index (χ0) is 26.5. The maximum Gasteiger partial charge on any atom is 0.266 e. The number of piperazine rings is 1. The minimum atomic E-state index is -4.09. The van der Waals surface area contributed by atoms with Crippen molar-refractivity contribution in [3.8, 4) is 5.75 Å². The van der Waals surface area contributed by atoms with Crippen LogP contribution in [0.2, 0.25) is 0 Å². The molecule has 2 fully saturated rings. The van der Waals surface area contributed by atoms with Gasteiger partial charge < -0.3 is 14.5 Å². The Morgan fingerprint density at radius 3 is 2.21 bits per heavy atom. The summed E-state index contributed by atoms with van der Waals surface area (Å²) in [7, 11) is -4.09. The number of carbonyl (C=O) groups excluding carboxylic acids is 1. The second-order valence-corrected chi connectivity index (χ2v) is 11.5. The molecular formula is C24H36Cl2N6O6S. The molecule has 39 heavy (non-hydrogen) atoms. The molecular weight excluding hydrogens is 571 g/mol. The SMILES string of the molecule is CCCCOc1ccc(N2CCN(S(=O)(=O)C3(C(=O)NO)CCN(c4ccc(=O)[nH]n4)CC3)CC2)cc1.Cl.Cl. The third kappa shape index (κ3) is 6.95. The number of nitrogens with zero attached hydrogens (tertiary/aromatic N) is 4. The van der Waals surface area contributed by atoms with E-state index in [1.807, 2.05) is 29.2 Å². The number of unbranched alkanes of at least 4 members (excludes halogenated alkanes) is 1. The molecule has 4 rings (SSSR count). The fourth-order valence-electron chi connectivity index (χ4n) is 4.84. The van der Waals surface area contributed by atoms with Gasteiger partial charge in [0, 0.05) is 51.0 Å². The Balaban J connectivity index is 0.00000267. The number of ether oxygens (including phenoxy) is 1. The van der Waals surface area contributed by atoms with Crippen LogP contribution in [0.25, 0.3) is 0 Å². The second kappa shape index (κ2) is 14.2. The number of halogens is 2. The summed E-state index contributed by atoms with van der Waals surface area (Å²) in [4.78, 5) is 28.0. The minimum absolute atomic E-state index is 0. The Morgan fingerprint density at radius 2 is 1.67 bits per heavy atom. The summed E-state index contributed by atoms with van der Waals surface area (Å²) in [6.45, 7) is 4.62. The lowest BCUT2D eigenvalue weighted by atomic mass is 9.95. The molecule has 218 valence electrons. The van der Waals surface area contributed by atoms with Crippen molar-refractivity contribution in [3.05, 3.63) is 46.8 Å². The van der Waals surface area contributed by atoms with Crippen molar-refractivity contribution in [2.45, 2.75) is 37.4 Å². The van der Waals surface area contributed by atoms with Gasteiger partial charge >= 0.3 is 0 Å². The first kappa shape index (κ1) is 32.6. The summed E-state index contributed by atoms with van der Waals surface area (Å²) in [5.41, 5.74) is 2.23. The molecule has 1 aromatic heterocycles. The molecule has 2 aliphatic heterocycles. The molecule has 3 heterocycles. The van der Waals surface area contributed by atoms with E-state index in [1.54, 1.807) is 11.5 Å². The molecule has 12 nitrogen and oxygen atoms in total. The van der Waals surface area contributed by atoms with Crippen LogP contribution in [0.3, 0.4) is 0 Å². The first-order chi connectivity index (χ1) is 17.8. The Bertz CT molecular complexity index is 1210. The molecule has 0 radical (unpaired) electrons. The van der Waals surface area contributed by atoms with Crippen molar-refractivity contribution >= 4 is 52.2 Å². The number of aromatic nitrogens is 2. The highest BCUT2D eigenvalue weighted by Gasteiger charge is 2.55. The Kier molecular flexibility index (Phi) is 11.9. The van der Waals surface area contributed by atoms with Gasteiger partial charge in [-0.3, -0.25) is 14.8 Å². The smallest absolute Gasteiger partial charge is 0.266 e. The number of hydroxylamine groups is 1. The number of rotatable bonds is 9. The van der Waals surface area contributed by atoms with Gasteiger partial charge in [0.25, 0.3) is 11.5 Å². The zero-order valence-corrected chi connectivity index (χ0v) is 24.2. The third-order valence-electron chi connectivity index (χ3n) is 7.12. The van der Waals surface area contributed by atoms with Crippen LogP contribution in [-0.2, 0) is 14.8 Å². The maximum absolute atomic E-state index is 13.8. The summed E-state index contributed by atoms with van der Waals surface area (Å²) in [5.74, 6) is 0.367. The first-order valence-corrected chi connectivity index (χ1v) is 14.0. The predicted molar refractivity (Wildman–Crippen MR) is 153 cm³/mol. The maximum atomic E-state index is 13.8. The predicted octanol–water partition coefficient (Wildman–Crippen LogP) is 1.79. The van der Waals surface area contributed by atoms with Gasteiger partial charge in [0.1, 0.15) is 11.6 Å². The van der Waals surface area contributed by atoms with Crippen LogP contribution in [0.15, 0.2) is 41.2 Å². The number of hydrogen-bond acceptors (Lipinski definition) is 9.